The molecule has 1 aromatic carbocycles. The van der Waals surface area contributed by atoms with Crippen molar-refractivity contribution in [2.75, 3.05) is 0 Å². The minimum atomic E-state index is -5.16. The van der Waals surface area contributed by atoms with Crippen LogP contribution in [0.4, 0.5) is 18.9 Å². The van der Waals surface area contributed by atoms with Crippen LogP contribution in [0, 0.1) is 10.1 Å². The number of rotatable bonds is 2. The minimum Gasteiger partial charge on any atom is -0.379 e. The molecule has 0 spiro atoms. The molecule has 1 aromatic rings. The molecule has 0 saturated heterocycles. The van der Waals surface area contributed by atoms with Crippen molar-refractivity contribution in [3.63, 3.8) is 0 Å². The molecule has 0 amide bonds. The summed E-state index contributed by atoms with van der Waals surface area (Å²) in [5.74, 6) is 0. The number of non-ortho nitro benzene ring substituents is 1. The summed E-state index contributed by atoms with van der Waals surface area (Å²) >= 11 is 0. The van der Waals surface area contributed by atoms with Crippen LogP contribution in [0.25, 0.3) is 0 Å². The lowest BCUT2D eigenvalue weighted by Crippen LogP contribution is -2.20. The number of aliphatic hydroxyl groups is 1. The highest BCUT2D eigenvalue weighted by Gasteiger charge is 2.39. The Hall–Kier alpha value is -1.63. The summed E-state index contributed by atoms with van der Waals surface area (Å²) in [6.45, 7) is 0. The molecule has 15 heavy (non-hydrogen) atoms. The summed E-state index contributed by atoms with van der Waals surface area (Å²) in [5, 5.41) is 19.2. The van der Waals surface area contributed by atoms with Gasteiger partial charge in [0, 0.05) is 12.1 Å². The Bertz CT molecular complexity index is 402. The summed E-state index contributed by atoms with van der Waals surface area (Å²) in [6.07, 6.45) is -8.93. The first-order valence-electron chi connectivity index (χ1n) is 4.20. The Morgan fingerprint density at radius 1 is 1.40 bits per heavy atom. The van der Waals surface area contributed by atoms with E-state index in [2.05, 4.69) is 0 Å². The van der Waals surface area contributed by atoms with Crippen LogP contribution in [0.2, 0.25) is 0 Å². The van der Waals surface area contributed by atoms with Crippen LogP contribution in [0.5, 0.6) is 0 Å². The molecule has 0 aliphatic heterocycles. The maximum Gasteiger partial charge on any atom is 0.418 e. The average Bonchev–Trinajstić information content (AvgIpc) is 2.16. The van der Waals surface area contributed by atoms with E-state index < -0.39 is 28.4 Å². The van der Waals surface area contributed by atoms with Crippen LogP contribution in [0.1, 0.15) is 13.0 Å². The van der Waals surface area contributed by atoms with Gasteiger partial charge in [0.1, 0.15) is 0 Å². The normalized spacial score (nSPS) is 16.7. The molecule has 1 unspecified atom stereocenters. The second kappa shape index (κ2) is 3.85. The molecule has 0 fully saturated rings. The molecule has 0 aromatic heterocycles. The molecule has 0 aliphatic carbocycles. The lowest BCUT2D eigenvalue weighted by atomic mass is 10.1. The smallest absolute Gasteiger partial charge is 0.379 e. The van der Waals surface area contributed by atoms with Gasteiger partial charge in [-0.3, -0.25) is 10.1 Å². The molecule has 0 saturated carbocycles. The monoisotopic (exact) mass is 222 g/mol. The Morgan fingerprint density at radius 2 is 1.87 bits per heavy atom. The Balaban J connectivity index is 3.11. The van der Waals surface area contributed by atoms with Gasteiger partial charge in [-0.2, -0.15) is 13.2 Å². The molecule has 0 heterocycles. The van der Waals surface area contributed by atoms with E-state index in [4.69, 9.17) is 6.48 Å². The Labute approximate surface area is 83.5 Å². The van der Waals surface area contributed by atoms with Crippen molar-refractivity contribution in [3.05, 3.63) is 39.9 Å². The van der Waals surface area contributed by atoms with E-state index in [0.29, 0.717) is 12.1 Å². The third-order valence-electron chi connectivity index (χ3n) is 1.62. The highest BCUT2D eigenvalue weighted by atomic mass is 19.4. The van der Waals surface area contributed by atoms with Crippen molar-refractivity contribution in [1.82, 2.24) is 0 Å². The first kappa shape index (κ1) is 9.91. The van der Waals surface area contributed by atoms with Crippen LogP contribution >= 0.6 is 0 Å². The van der Waals surface area contributed by atoms with Gasteiger partial charge in [0.25, 0.3) is 5.69 Å². The number of halogens is 3. The van der Waals surface area contributed by atoms with Crippen molar-refractivity contribution >= 4 is 5.69 Å². The van der Waals surface area contributed by atoms with E-state index in [9.17, 15) is 23.3 Å². The predicted octanol–water partition coefficient (Wildman–Crippen LogP) is 2.19. The number of nitro benzene ring substituents is 1. The highest BCUT2D eigenvalue weighted by molar-refractivity contribution is 5.34. The molecule has 0 bridgehead atoms. The number of alkyl halides is 3. The van der Waals surface area contributed by atoms with E-state index in [0.717, 1.165) is 12.1 Å². The second-order valence-corrected chi connectivity index (χ2v) is 2.65. The van der Waals surface area contributed by atoms with Crippen molar-refractivity contribution in [2.45, 2.75) is 12.3 Å². The summed E-state index contributed by atoms with van der Waals surface area (Å²) in [5.41, 5.74) is -1.19. The molecule has 7 heteroatoms. The summed E-state index contributed by atoms with van der Waals surface area (Å²) in [4.78, 5) is 9.44. The van der Waals surface area contributed by atoms with Crippen molar-refractivity contribution in [1.29, 1.82) is 0 Å². The summed E-state index contributed by atoms with van der Waals surface area (Å²) in [6, 6.07) is 2.97. The Morgan fingerprint density at radius 3 is 2.20 bits per heavy atom. The molecule has 4 nitrogen and oxygen atoms in total. The second-order valence-electron chi connectivity index (χ2n) is 2.65. The zero-order valence-corrected chi connectivity index (χ0v) is 7.15. The fraction of sp³-hybridized carbons (Fsp3) is 0.250. The van der Waals surface area contributed by atoms with Gasteiger partial charge in [-0.1, -0.05) is 0 Å². The van der Waals surface area contributed by atoms with E-state index in [1.807, 2.05) is 0 Å². The maximum atomic E-state index is 12.2. The van der Waals surface area contributed by atoms with Crippen LogP contribution in [-0.4, -0.2) is 16.2 Å². The number of hydrogen-bond acceptors (Lipinski definition) is 3. The molecule has 0 radical (unpaired) electrons. The molecular formula is C8H6F3NO3. The molecule has 1 atom stereocenters. The highest BCUT2D eigenvalue weighted by Crippen LogP contribution is 2.32. The van der Waals surface area contributed by atoms with Gasteiger partial charge in [0.2, 0.25) is 0 Å². The number of nitrogens with zero attached hydrogens (tertiary/aromatic N) is 1. The third kappa shape index (κ3) is 2.66. The Kier molecular flexibility index (Phi) is 2.55. The quantitative estimate of drug-likeness (QED) is 0.616. The topological polar surface area (TPSA) is 63.4 Å². The van der Waals surface area contributed by atoms with Crippen LogP contribution in [-0.2, 0) is 0 Å². The molecule has 82 valence electrons. The molecular weight excluding hydrogens is 215 g/mol. The first-order valence-corrected chi connectivity index (χ1v) is 3.70. The fourth-order valence-electron chi connectivity index (χ4n) is 0.905. The summed E-state index contributed by atoms with van der Waals surface area (Å²) < 4.78 is 43.4. The lowest BCUT2D eigenvalue weighted by molar-refractivity contribution is -0.384. The van der Waals surface area contributed by atoms with Gasteiger partial charge in [0.05, 0.1) is 6.29 Å². The van der Waals surface area contributed by atoms with Crippen molar-refractivity contribution in [2.24, 2.45) is 0 Å². The van der Waals surface area contributed by atoms with Crippen molar-refractivity contribution < 1.29 is 24.6 Å². The van der Waals surface area contributed by atoms with Gasteiger partial charge in [0.15, 0.2) is 6.08 Å². The van der Waals surface area contributed by atoms with Gasteiger partial charge >= 0.3 is 6.18 Å². The van der Waals surface area contributed by atoms with Crippen molar-refractivity contribution in [3.8, 4) is 0 Å². The first-order chi connectivity index (χ1) is 7.16. The lowest BCUT2D eigenvalue weighted by Gasteiger charge is -2.14. The van der Waals surface area contributed by atoms with E-state index in [-0.39, 0.29) is 0 Å². The van der Waals surface area contributed by atoms with Gasteiger partial charge in [-0.15, -0.1) is 0 Å². The zero-order chi connectivity index (χ0) is 12.6. The van der Waals surface area contributed by atoms with Crippen LogP contribution in [0.15, 0.2) is 24.3 Å². The van der Waals surface area contributed by atoms with E-state index in [1.165, 1.54) is 0 Å². The SMILES string of the molecule is [2H]C(O)(c1ccc([N+](=O)[O-])cc1)C(F)(F)F. The number of nitro groups is 1. The molecule has 1 N–H and O–H groups in total. The fourth-order valence-corrected chi connectivity index (χ4v) is 0.905. The van der Waals surface area contributed by atoms with Gasteiger partial charge in [-0.25, -0.2) is 0 Å². The van der Waals surface area contributed by atoms with Crippen LogP contribution in [0.3, 0.4) is 0 Å². The largest absolute Gasteiger partial charge is 0.418 e. The molecule has 1 rings (SSSR count). The number of benzene rings is 1. The molecule has 0 aliphatic rings. The van der Waals surface area contributed by atoms with Crippen LogP contribution < -0.4 is 0 Å². The maximum absolute atomic E-state index is 12.2. The van der Waals surface area contributed by atoms with Gasteiger partial charge in [-0.05, 0) is 17.7 Å². The van der Waals surface area contributed by atoms with E-state index in [1.54, 1.807) is 0 Å². The summed E-state index contributed by atoms with van der Waals surface area (Å²) in [7, 11) is 0. The minimum absolute atomic E-state index is 0.415. The average molecular weight is 222 g/mol. The standard InChI is InChI=1S/C8H6F3NO3/c9-8(10,11)7(13)5-1-3-6(4-2-5)12(14)15/h1-4,7,13H/i7D. The predicted molar refractivity (Wildman–Crippen MR) is 44.1 cm³/mol. The van der Waals surface area contributed by atoms with Gasteiger partial charge < -0.3 is 5.11 Å². The van der Waals surface area contributed by atoms with E-state index >= 15 is 0 Å². The number of hydrogen-bond donors (Lipinski definition) is 1. The zero-order valence-electron chi connectivity index (χ0n) is 8.15. The third-order valence-corrected chi connectivity index (χ3v) is 1.62.